The van der Waals surface area contributed by atoms with Gasteiger partial charge in [-0.2, -0.15) is 0 Å². The van der Waals surface area contributed by atoms with Crippen LogP contribution >= 0.6 is 11.6 Å². The first kappa shape index (κ1) is 11.3. The molecule has 1 aliphatic rings. The smallest absolute Gasteiger partial charge is 0.0364 e. The molecule has 3 atom stereocenters. The van der Waals surface area contributed by atoms with Crippen molar-refractivity contribution in [1.82, 2.24) is 5.32 Å². The summed E-state index contributed by atoms with van der Waals surface area (Å²) in [6, 6.07) is 0.273. The van der Waals surface area contributed by atoms with Crippen LogP contribution in [-0.2, 0) is 0 Å². The summed E-state index contributed by atoms with van der Waals surface area (Å²) in [6.45, 7) is 0.903. The average molecular weight is 205 g/mol. The summed E-state index contributed by atoms with van der Waals surface area (Å²) < 4.78 is 0. The quantitative estimate of drug-likeness (QED) is 0.685. The van der Waals surface area contributed by atoms with Crippen molar-refractivity contribution in [2.24, 2.45) is 11.7 Å². The van der Waals surface area contributed by atoms with Gasteiger partial charge in [0.15, 0.2) is 0 Å². The topological polar surface area (TPSA) is 38.0 Å². The molecule has 0 aromatic heterocycles. The van der Waals surface area contributed by atoms with Gasteiger partial charge >= 0.3 is 0 Å². The molecule has 0 heterocycles. The van der Waals surface area contributed by atoms with Gasteiger partial charge in [0.1, 0.15) is 0 Å². The van der Waals surface area contributed by atoms with Crippen molar-refractivity contribution in [2.75, 3.05) is 13.6 Å². The molecule has 78 valence electrons. The van der Waals surface area contributed by atoms with E-state index >= 15 is 0 Å². The molecule has 2 nitrogen and oxygen atoms in total. The highest BCUT2D eigenvalue weighted by Gasteiger charge is 2.24. The summed E-state index contributed by atoms with van der Waals surface area (Å²) in [6.07, 6.45) is 6.16. The van der Waals surface area contributed by atoms with E-state index in [2.05, 4.69) is 5.32 Å². The SMILES string of the molecule is CNCC(N)CC1CCCCC1Cl. The summed E-state index contributed by atoms with van der Waals surface area (Å²) in [5.74, 6) is 0.652. The van der Waals surface area contributed by atoms with Crippen LogP contribution in [0.4, 0.5) is 0 Å². The normalized spacial score (nSPS) is 31.6. The predicted molar refractivity (Wildman–Crippen MR) is 58.1 cm³/mol. The van der Waals surface area contributed by atoms with E-state index in [-0.39, 0.29) is 6.04 Å². The molecule has 13 heavy (non-hydrogen) atoms. The monoisotopic (exact) mass is 204 g/mol. The lowest BCUT2D eigenvalue weighted by atomic mass is 9.84. The molecule has 3 heteroatoms. The lowest BCUT2D eigenvalue weighted by Crippen LogP contribution is -2.36. The number of nitrogens with one attached hydrogen (secondary N) is 1. The zero-order chi connectivity index (χ0) is 9.68. The minimum Gasteiger partial charge on any atom is -0.327 e. The fourth-order valence-corrected chi connectivity index (χ4v) is 2.55. The van der Waals surface area contributed by atoms with Crippen LogP contribution in [0.15, 0.2) is 0 Å². The third kappa shape index (κ3) is 3.84. The largest absolute Gasteiger partial charge is 0.327 e. The maximum absolute atomic E-state index is 6.25. The van der Waals surface area contributed by atoms with E-state index in [1.54, 1.807) is 0 Å². The van der Waals surface area contributed by atoms with Crippen LogP contribution in [0.2, 0.25) is 0 Å². The van der Waals surface area contributed by atoms with Gasteiger partial charge in [-0.15, -0.1) is 11.6 Å². The highest BCUT2D eigenvalue weighted by atomic mass is 35.5. The molecule has 1 saturated carbocycles. The number of rotatable bonds is 4. The van der Waals surface area contributed by atoms with Gasteiger partial charge in [-0.05, 0) is 32.2 Å². The molecule has 0 radical (unpaired) electrons. The molecule has 1 rings (SSSR count). The van der Waals surface area contributed by atoms with Crippen molar-refractivity contribution in [3.63, 3.8) is 0 Å². The van der Waals surface area contributed by atoms with E-state index in [4.69, 9.17) is 17.3 Å². The summed E-state index contributed by atoms with van der Waals surface area (Å²) in [7, 11) is 1.94. The van der Waals surface area contributed by atoms with E-state index in [0.29, 0.717) is 11.3 Å². The second-order valence-corrected chi connectivity index (χ2v) is 4.67. The lowest BCUT2D eigenvalue weighted by Gasteiger charge is -2.29. The van der Waals surface area contributed by atoms with Crippen LogP contribution in [-0.4, -0.2) is 25.0 Å². The molecule has 0 spiro atoms. The third-order valence-corrected chi connectivity index (χ3v) is 3.46. The minimum atomic E-state index is 0.273. The zero-order valence-corrected chi connectivity index (χ0v) is 9.19. The van der Waals surface area contributed by atoms with Gasteiger partial charge in [0, 0.05) is 18.0 Å². The van der Waals surface area contributed by atoms with Crippen LogP contribution < -0.4 is 11.1 Å². The maximum atomic E-state index is 6.25. The Balaban J connectivity index is 2.25. The second kappa shape index (κ2) is 5.84. The summed E-state index contributed by atoms with van der Waals surface area (Å²) in [5, 5.41) is 3.48. The second-order valence-electron chi connectivity index (χ2n) is 4.11. The van der Waals surface area contributed by atoms with Gasteiger partial charge in [0.05, 0.1) is 0 Å². The van der Waals surface area contributed by atoms with E-state index in [1.807, 2.05) is 7.05 Å². The Bertz CT molecular complexity index is 141. The fourth-order valence-electron chi connectivity index (χ4n) is 2.16. The number of hydrogen-bond donors (Lipinski definition) is 2. The Labute approximate surface area is 86.2 Å². The van der Waals surface area contributed by atoms with Gasteiger partial charge in [-0.25, -0.2) is 0 Å². The van der Waals surface area contributed by atoms with Crippen LogP contribution in [0.5, 0.6) is 0 Å². The van der Waals surface area contributed by atoms with Crippen molar-refractivity contribution in [3.05, 3.63) is 0 Å². The Morgan fingerprint density at radius 2 is 2.15 bits per heavy atom. The molecule has 0 aliphatic heterocycles. The first-order valence-electron chi connectivity index (χ1n) is 5.28. The van der Waals surface area contributed by atoms with Gasteiger partial charge in [0.25, 0.3) is 0 Å². The summed E-state index contributed by atoms with van der Waals surface area (Å²) in [4.78, 5) is 0. The number of alkyl halides is 1. The van der Waals surface area contributed by atoms with Crippen molar-refractivity contribution in [3.8, 4) is 0 Å². The number of likely N-dealkylation sites (N-methyl/N-ethyl adjacent to an activating group) is 1. The summed E-state index contributed by atoms with van der Waals surface area (Å²) >= 11 is 6.25. The van der Waals surface area contributed by atoms with Gasteiger partial charge in [0.2, 0.25) is 0 Å². The van der Waals surface area contributed by atoms with E-state index in [0.717, 1.165) is 13.0 Å². The Morgan fingerprint density at radius 3 is 2.77 bits per heavy atom. The number of nitrogens with two attached hydrogens (primary N) is 1. The standard InChI is InChI=1S/C10H21ClN2/c1-13-7-9(12)6-8-4-2-3-5-10(8)11/h8-10,13H,2-7,12H2,1H3. The third-order valence-electron chi connectivity index (χ3n) is 2.89. The highest BCUT2D eigenvalue weighted by molar-refractivity contribution is 6.20. The molecule has 3 N–H and O–H groups in total. The van der Waals surface area contributed by atoms with Crippen molar-refractivity contribution in [2.45, 2.75) is 43.5 Å². The molecule has 0 bridgehead atoms. The first-order valence-corrected chi connectivity index (χ1v) is 5.72. The molecule has 3 unspecified atom stereocenters. The van der Waals surface area contributed by atoms with E-state index in [9.17, 15) is 0 Å². The average Bonchev–Trinajstić information content (AvgIpc) is 2.09. The molecular formula is C10H21ClN2. The first-order chi connectivity index (χ1) is 6.24. The Hall–Kier alpha value is 0.210. The van der Waals surface area contributed by atoms with Gasteiger partial charge in [-0.1, -0.05) is 12.8 Å². The molecule has 0 aromatic carbocycles. The van der Waals surface area contributed by atoms with Gasteiger partial charge < -0.3 is 11.1 Å². The van der Waals surface area contributed by atoms with E-state index < -0.39 is 0 Å². The molecule has 1 fully saturated rings. The maximum Gasteiger partial charge on any atom is 0.0364 e. The van der Waals surface area contributed by atoms with Crippen molar-refractivity contribution in [1.29, 1.82) is 0 Å². The molecule has 0 saturated heterocycles. The lowest BCUT2D eigenvalue weighted by molar-refractivity contribution is 0.321. The van der Waals surface area contributed by atoms with E-state index in [1.165, 1.54) is 25.7 Å². The molecule has 0 amide bonds. The van der Waals surface area contributed by atoms with Crippen molar-refractivity contribution < 1.29 is 0 Å². The number of hydrogen-bond acceptors (Lipinski definition) is 2. The molecule has 1 aliphatic carbocycles. The Kier molecular flexibility index (Phi) is 5.07. The van der Waals surface area contributed by atoms with Crippen molar-refractivity contribution >= 4 is 11.6 Å². The fraction of sp³-hybridized carbons (Fsp3) is 1.00. The van der Waals surface area contributed by atoms with Crippen LogP contribution in [0.3, 0.4) is 0 Å². The van der Waals surface area contributed by atoms with Crippen LogP contribution in [0, 0.1) is 5.92 Å². The minimum absolute atomic E-state index is 0.273. The van der Waals surface area contributed by atoms with Gasteiger partial charge in [-0.3, -0.25) is 0 Å². The molecule has 0 aromatic rings. The zero-order valence-electron chi connectivity index (χ0n) is 8.43. The number of halogens is 1. The van der Waals surface area contributed by atoms with Crippen LogP contribution in [0.1, 0.15) is 32.1 Å². The summed E-state index contributed by atoms with van der Waals surface area (Å²) in [5.41, 5.74) is 5.96. The Morgan fingerprint density at radius 1 is 1.46 bits per heavy atom. The molecular weight excluding hydrogens is 184 g/mol. The predicted octanol–water partition coefficient (Wildman–Crippen LogP) is 1.72. The van der Waals surface area contributed by atoms with Crippen LogP contribution in [0.25, 0.3) is 0 Å². The highest BCUT2D eigenvalue weighted by Crippen LogP contribution is 2.31.